The summed E-state index contributed by atoms with van der Waals surface area (Å²) in [6, 6.07) is 6.97. The number of hydrogen-bond acceptors (Lipinski definition) is 3. The van der Waals surface area contributed by atoms with E-state index in [0.29, 0.717) is 5.66 Å². The summed E-state index contributed by atoms with van der Waals surface area (Å²) < 4.78 is 11.6. The first-order valence-corrected chi connectivity index (χ1v) is 11.6. The first kappa shape index (κ1) is 26.9. The Hall–Kier alpha value is -0.0561. The van der Waals surface area contributed by atoms with E-state index in [-0.39, 0.29) is 45.0 Å². The molecule has 1 rings (SSSR count). The van der Waals surface area contributed by atoms with Gasteiger partial charge in [-0.2, -0.15) is 6.92 Å². The van der Waals surface area contributed by atoms with E-state index in [9.17, 15) is 14.3 Å². The Bertz CT molecular complexity index is 607. The van der Waals surface area contributed by atoms with Gasteiger partial charge >= 0.3 is 0 Å². The summed E-state index contributed by atoms with van der Waals surface area (Å²) in [4.78, 5) is 21.8. The molecule has 0 fully saturated rings. The normalized spacial score (nSPS) is 14.3. The minimum Gasteiger partial charge on any atom is -0.367 e. The summed E-state index contributed by atoms with van der Waals surface area (Å²) in [5.74, 6) is -0.338. The number of amides is 1. The van der Waals surface area contributed by atoms with E-state index >= 15 is 0 Å². The molecular formula is C20H34N2O3PY-. The van der Waals surface area contributed by atoms with Crippen LogP contribution >= 0.6 is 7.37 Å². The zero-order valence-corrected chi connectivity index (χ0v) is 20.6. The second-order valence-corrected chi connectivity index (χ2v) is 9.65. The maximum Gasteiger partial charge on any atom is 0.238 e. The van der Waals surface area contributed by atoms with Gasteiger partial charge in [0.2, 0.25) is 5.91 Å². The summed E-state index contributed by atoms with van der Waals surface area (Å²) in [5, 5.41) is 2.81. The summed E-state index contributed by atoms with van der Waals surface area (Å²) in [6.45, 7) is 5.05. The van der Waals surface area contributed by atoms with Crippen LogP contribution in [0.3, 0.4) is 0 Å². The molecule has 1 aromatic rings. The van der Waals surface area contributed by atoms with E-state index in [1.165, 1.54) is 44.3 Å². The van der Waals surface area contributed by atoms with Gasteiger partial charge in [0.15, 0.2) is 0 Å². The Morgan fingerprint density at radius 1 is 1.26 bits per heavy atom. The molecule has 0 heterocycles. The molecule has 5 nitrogen and oxygen atoms in total. The van der Waals surface area contributed by atoms with E-state index in [4.69, 9.17) is 5.73 Å². The quantitative estimate of drug-likeness (QED) is 0.235. The maximum absolute atomic E-state index is 12.2. The topological polar surface area (TPSA) is 92.4 Å². The number of hydrogen-bond donors (Lipinski definition) is 3. The zero-order chi connectivity index (χ0) is 19.6. The fraction of sp³-hybridized carbons (Fsp3) is 0.600. The maximum atomic E-state index is 12.2. The minimum absolute atomic E-state index is 0. The predicted octanol–water partition coefficient (Wildman–Crippen LogP) is 4.70. The van der Waals surface area contributed by atoms with Crippen molar-refractivity contribution >= 4 is 19.0 Å². The van der Waals surface area contributed by atoms with Gasteiger partial charge in [-0.25, -0.2) is 5.66 Å². The third kappa shape index (κ3) is 11.5. The smallest absolute Gasteiger partial charge is 0.238 e. The van der Waals surface area contributed by atoms with Crippen LogP contribution in [0.15, 0.2) is 24.3 Å². The number of aryl methyl sites for hydroxylation is 1. The van der Waals surface area contributed by atoms with Crippen molar-refractivity contribution < 1.29 is 47.0 Å². The van der Waals surface area contributed by atoms with E-state index in [1.807, 2.05) is 18.2 Å². The zero-order valence-electron chi connectivity index (χ0n) is 16.9. The standard InChI is InChI=1S/C20H34N2O3P.Y/c1-4-5-6-7-8-9-11-17-12-10-13-18(15-17)22-20(23)19(21)14-16(2)26(3,24)25;/h10,12-13,15,19H,4-9,11,14,21H2,1-3H3,(H,22,23)(H,24,25);/q-1;/t19-;/m1./s1. The SMILES string of the molecule is CCCCCCCCc1cccc(NC(=O)[C@H](N)C[C-](C)P(C)(=O)O)c1.[Y]. The summed E-state index contributed by atoms with van der Waals surface area (Å²) in [5.41, 5.74) is 8.15. The third-order valence-corrected chi connectivity index (χ3v) is 6.17. The van der Waals surface area contributed by atoms with Crippen LogP contribution in [-0.2, 0) is 48.5 Å². The van der Waals surface area contributed by atoms with Crippen LogP contribution in [0.25, 0.3) is 0 Å². The summed E-state index contributed by atoms with van der Waals surface area (Å²) >= 11 is 0. The molecular weight excluding hydrogens is 436 g/mol. The van der Waals surface area contributed by atoms with Crippen molar-refractivity contribution in [3.05, 3.63) is 35.5 Å². The third-order valence-electron chi connectivity index (χ3n) is 4.57. The van der Waals surface area contributed by atoms with Crippen LogP contribution in [0.4, 0.5) is 5.69 Å². The van der Waals surface area contributed by atoms with E-state index in [2.05, 4.69) is 18.3 Å². The van der Waals surface area contributed by atoms with Crippen molar-refractivity contribution in [2.24, 2.45) is 5.73 Å². The summed E-state index contributed by atoms with van der Waals surface area (Å²) in [7, 11) is -3.31. The molecule has 1 radical (unpaired) electrons. The van der Waals surface area contributed by atoms with Crippen LogP contribution in [0, 0.1) is 5.66 Å². The number of rotatable bonds is 12. The van der Waals surface area contributed by atoms with Crippen LogP contribution in [-0.4, -0.2) is 23.5 Å². The average Bonchev–Trinajstić information content (AvgIpc) is 2.57. The number of unbranched alkanes of at least 4 members (excludes halogenated alkanes) is 5. The van der Waals surface area contributed by atoms with Crippen LogP contribution in [0.1, 0.15) is 64.4 Å². The molecule has 0 saturated carbocycles. The molecule has 0 aliphatic carbocycles. The molecule has 0 aliphatic heterocycles. The van der Waals surface area contributed by atoms with E-state index < -0.39 is 13.4 Å². The van der Waals surface area contributed by atoms with Crippen molar-refractivity contribution in [1.82, 2.24) is 0 Å². The molecule has 4 N–H and O–H groups in total. The molecule has 2 atom stereocenters. The van der Waals surface area contributed by atoms with Crippen molar-refractivity contribution in [2.45, 2.75) is 71.3 Å². The Balaban J connectivity index is 0.00000676. The molecule has 1 amide bonds. The van der Waals surface area contributed by atoms with Crippen LogP contribution in [0.2, 0.25) is 0 Å². The van der Waals surface area contributed by atoms with Crippen molar-refractivity contribution in [3.63, 3.8) is 0 Å². The molecule has 1 aromatic carbocycles. The van der Waals surface area contributed by atoms with E-state index in [1.54, 1.807) is 6.92 Å². The molecule has 7 heteroatoms. The minimum atomic E-state index is -3.31. The van der Waals surface area contributed by atoms with Crippen molar-refractivity contribution in [3.8, 4) is 0 Å². The Morgan fingerprint density at radius 2 is 1.89 bits per heavy atom. The molecule has 0 bridgehead atoms. The number of carbonyl (C=O) groups excluding carboxylic acids is 1. The Labute approximate surface area is 189 Å². The van der Waals surface area contributed by atoms with Gasteiger partial charge in [0.05, 0.1) is 13.4 Å². The molecule has 27 heavy (non-hydrogen) atoms. The van der Waals surface area contributed by atoms with Gasteiger partial charge in [-0.3, -0.25) is 4.79 Å². The van der Waals surface area contributed by atoms with Crippen molar-refractivity contribution in [1.29, 1.82) is 0 Å². The first-order chi connectivity index (χ1) is 12.2. The molecule has 151 valence electrons. The number of anilines is 1. The van der Waals surface area contributed by atoms with Gasteiger partial charge in [-0.15, -0.1) is 6.42 Å². The Morgan fingerprint density at radius 3 is 2.52 bits per heavy atom. The van der Waals surface area contributed by atoms with Crippen LogP contribution in [0.5, 0.6) is 0 Å². The largest absolute Gasteiger partial charge is 0.367 e. The van der Waals surface area contributed by atoms with Crippen molar-refractivity contribution in [2.75, 3.05) is 12.0 Å². The number of carbonyl (C=O) groups is 1. The second-order valence-electron chi connectivity index (χ2n) is 7.13. The van der Waals surface area contributed by atoms with Gasteiger partial charge in [-0.1, -0.05) is 51.2 Å². The van der Waals surface area contributed by atoms with Gasteiger partial charge in [0.1, 0.15) is 0 Å². The van der Waals surface area contributed by atoms with Gasteiger partial charge in [0.25, 0.3) is 0 Å². The monoisotopic (exact) mass is 470 g/mol. The van der Waals surface area contributed by atoms with Gasteiger partial charge in [0, 0.05) is 38.4 Å². The molecule has 1 unspecified atom stereocenters. The van der Waals surface area contributed by atoms with Gasteiger partial charge in [-0.05, 0) is 37.2 Å². The number of nitrogens with one attached hydrogen (secondary N) is 1. The van der Waals surface area contributed by atoms with Crippen LogP contribution < -0.4 is 11.1 Å². The number of nitrogens with two attached hydrogens (primary N) is 1. The second kappa shape index (κ2) is 14.0. The van der Waals surface area contributed by atoms with Gasteiger partial charge < -0.3 is 20.5 Å². The predicted molar refractivity (Wildman–Crippen MR) is 109 cm³/mol. The Kier molecular flexibility index (Phi) is 14.0. The van der Waals surface area contributed by atoms with E-state index in [0.717, 1.165) is 18.5 Å². The number of benzene rings is 1. The average molecular weight is 470 g/mol. The fourth-order valence-corrected chi connectivity index (χ4v) is 3.26. The fourth-order valence-electron chi connectivity index (χ4n) is 2.73. The molecule has 0 aliphatic rings. The molecule has 0 saturated heterocycles. The first-order valence-electron chi connectivity index (χ1n) is 9.52. The summed E-state index contributed by atoms with van der Waals surface area (Å²) in [6.07, 6.45) is 8.63. The molecule has 0 aromatic heterocycles. The molecule has 0 spiro atoms.